The number of rotatable bonds is 14. The Morgan fingerprint density at radius 3 is 2.18 bits per heavy atom. The van der Waals surface area contributed by atoms with Gasteiger partial charge in [0.15, 0.2) is 4.90 Å². The molecule has 2 aromatic rings. The van der Waals surface area contributed by atoms with Crippen molar-refractivity contribution in [3.05, 3.63) is 79.1 Å². The minimum absolute atomic E-state index is 0.238. The van der Waals surface area contributed by atoms with Gasteiger partial charge in [0.05, 0.1) is 42.7 Å². The van der Waals surface area contributed by atoms with Crippen LogP contribution in [0.3, 0.4) is 0 Å². The molecule has 0 fully saturated rings. The molecular formula is C19H22BrN5O10S3. The largest absolute Gasteiger partial charge is 0.289 e. The summed E-state index contributed by atoms with van der Waals surface area (Å²) in [7, 11) is -13.1. The van der Waals surface area contributed by atoms with Gasteiger partial charge in [-0.25, -0.2) is 13.1 Å². The number of nitrogens with zero attached hydrogens (tertiary/aromatic N) is 4. The SMILES string of the molecule is CS(=O)(=O)OC[C@@H](NS(=O)(=O)c1ccccc1[N+](=O)[O-])[C@H](c1ccc(Br)cc1)[C@@H](CN=[N+]=[N-])OS(C)(=O)=O. The molecule has 1 N–H and O–H groups in total. The molecule has 15 nitrogen and oxygen atoms in total. The lowest BCUT2D eigenvalue weighted by Crippen LogP contribution is -2.48. The Morgan fingerprint density at radius 1 is 1.05 bits per heavy atom. The third kappa shape index (κ3) is 9.59. The number of hydrogen-bond acceptors (Lipinski definition) is 11. The van der Waals surface area contributed by atoms with E-state index >= 15 is 0 Å². The van der Waals surface area contributed by atoms with Gasteiger partial charge < -0.3 is 0 Å². The van der Waals surface area contributed by atoms with Gasteiger partial charge in [-0.3, -0.25) is 18.5 Å². The molecular weight excluding hydrogens is 634 g/mol. The van der Waals surface area contributed by atoms with Gasteiger partial charge in [-0.2, -0.15) is 16.8 Å². The third-order valence-electron chi connectivity index (χ3n) is 4.83. The number of nitrogens with one attached hydrogen (secondary N) is 1. The predicted molar refractivity (Wildman–Crippen MR) is 139 cm³/mol. The van der Waals surface area contributed by atoms with Gasteiger partial charge in [-0.15, -0.1) is 0 Å². The quantitative estimate of drug-likeness (QED) is 0.0780. The average molecular weight is 657 g/mol. The number of nitro groups is 1. The third-order valence-corrected chi connectivity index (χ3v) is 8.06. The first-order chi connectivity index (χ1) is 17.5. The van der Waals surface area contributed by atoms with Crippen LogP contribution in [0.25, 0.3) is 10.4 Å². The van der Waals surface area contributed by atoms with Crippen LogP contribution in [0.4, 0.5) is 5.69 Å². The zero-order chi connectivity index (χ0) is 28.7. The zero-order valence-corrected chi connectivity index (χ0v) is 23.8. The smallest absolute Gasteiger partial charge is 0.269 e. The summed E-state index contributed by atoms with van der Waals surface area (Å²) in [5.41, 5.74) is 8.31. The number of benzene rings is 2. The fourth-order valence-electron chi connectivity index (χ4n) is 3.44. The van der Waals surface area contributed by atoms with E-state index in [1.807, 2.05) is 0 Å². The number of halogens is 1. The summed E-state index contributed by atoms with van der Waals surface area (Å²) in [4.78, 5) is 12.4. The topological polar surface area (TPSA) is 225 Å². The fraction of sp³-hybridized carbons (Fsp3) is 0.368. The van der Waals surface area contributed by atoms with Crippen LogP contribution < -0.4 is 4.72 Å². The second-order valence-corrected chi connectivity index (χ2v) is 13.6. The number of hydrogen-bond donors (Lipinski definition) is 1. The molecule has 0 spiro atoms. The van der Waals surface area contributed by atoms with Gasteiger partial charge in [-0.05, 0) is 29.3 Å². The lowest BCUT2D eigenvalue weighted by Gasteiger charge is -2.33. The molecule has 0 saturated heterocycles. The van der Waals surface area contributed by atoms with Gasteiger partial charge in [-0.1, -0.05) is 45.3 Å². The molecule has 0 aliphatic rings. The predicted octanol–water partition coefficient (Wildman–Crippen LogP) is 2.42. The van der Waals surface area contributed by atoms with Gasteiger partial charge in [0.1, 0.15) is 0 Å². The summed E-state index contributed by atoms with van der Waals surface area (Å²) in [6.07, 6.45) is -0.128. The van der Waals surface area contributed by atoms with E-state index in [9.17, 15) is 35.4 Å². The molecule has 0 saturated carbocycles. The van der Waals surface area contributed by atoms with E-state index in [-0.39, 0.29) is 5.56 Å². The van der Waals surface area contributed by atoms with Crippen molar-refractivity contribution in [2.45, 2.75) is 23.0 Å². The Balaban J connectivity index is 2.75. The molecule has 19 heteroatoms. The van der Waals surface area contributed by atoms with Crippen LogP contribution in [0.5, 0.6) is 0 Å². The van der Waals surface area contributed by atoms with Crippen molar-refractivity contribution in [2.24, 2.45) is 5.11 Å². The van der Waals surface area contributed by atoms with Crippen molar-refractivity contribution < 1.29 is 38.5 Å². The monoisotopic (exact) mass is 655 g/mol. The Bertz CT molecular complexity index is 1530. The van der Waals surface area contributed by atoms with Crippen LogP contribution in [-0.2, 0) is 38.6 Å². The molecule has 3 atom stereocenters. The second-order valence-electron chi connectivity index (χ2n) is 7.77. The average Bonchev–Trinajstić information content (AvgIpc) is 2.80. The highest BCUT2D eigenvalue weighted by Crippen LogP contribution is 2.31. The number of sulfonamides is 1. The van der Waals surface area contributed by atoms with Gasteiger partial charge >= 0.3 is 0 Å². The van der Waals surface area contributed by atoms with Crippen molar-refractivity contribution in [3.63, 3.8) is 0 Å². The van der Waals surface area contributed by atoms with Gasteiger partial charge in [0.25, 0.3) is 25.9 Å². The van der Waals surface area contributed by atoms with Crippen molar-refractivity contribution in [3.8, 4) is 0 Å². The van der Waals surface area contributed by atoms with E-state index in [1.165, 1.54) is 24.3 Å². The van der Waals surface area contributed by atoms with E-state index < -0.39 is 77.0 Å². The first-order valence-corrected chi connectivity index (χ1v) is 16.2. The Labute approximate surface area is 227 Å². The summed E-state index contributed by atoms with van der Waals surface area (Å²) in [5, 5.41) is 14.8. The maximum Gasteiger partial charge on any atom is 0.289 e. The first-order valence-electron chi connectivity index (χ1n) is 10.3. The highest BCUT2D eigenvalue weighted by atomic mass is 79.9. The van der Waals surface area contributed by atoms with E-state index in [0.29, 0.717) is 17.0 Å². The van der Waals surface area contributed by atoms with Crippen LogP contribution >= 0.6 is 15.9 Å². The van der Waals surface area contributed by atoms with Gasteiger partial charge in [0.2, 0.25) is 10.0 Å². The molecule has 2 rings (SSSR count). The second kappa shape index (κ2) is 12.9. The normalized spacial score (nSPS) is 14.7. The maximum atomic E-state index is 13.3. The summed E-state index contributed by atoms with van der Waals surface area (Å²) in [6, 6.07) is 8.84. The van der Waals surface area contributed by atoms with Crippen LogP contribution in [0.1, 0.15) is 11.5 Å². The molecule has 0 bridgehead atoms. The zero-order valence-electron chi connectivity index (χ0n) is 19.7. The van der Waals surface area contributed by atoms with Crippen LogP contribution in [0.2, 0.25) is 0 Å². The fourth-order valence-corrected chi connectivity index (χ4v) is 6.15. The van der Waals surface area contributed by atoms with Crippen LogP contribution in [-0.4, -0.2) is 68.0 Å². The summed E-state index contributed by atoms with van der Waals surface area (Å²) in [6.45, 7) is -1.49. The van der Waals surface area contributed by atoms with E-state index in [0.717, 1.165) is 12.1 Å². The molecule has 0 aliphatic carbocycles. The minimum atomic E-state index is -4.75. The molecule has 0 aromatic heterocycles. The molecule has 0 amide bonds. The highest BCUT2D eigenvalue weighted by Gasteiger charge is 2.38. The summed E-state index contributed by atoms with van der Waals surface area (Å²) in [5.74, 6) is -1.34. The van der Waals surface area contributed by atoms with Crippen molar-refractivity contribution in [2.75, 3.05) is 25.7 Å². The van der Waals surface area contributed by atoms with E-state index in [4.69, 9.17) is 13.9 Å². The molecule has 208 valence electrons. The molecule has 0 radical (unpaired) electrons. The van der Waals surface area contributed by atoms with Crippen molar-refractivity contribution in [1.29, 1.82) is 0 Å². The van der Waals surface area contributed by atoms with Gasteiger partial charge in [0, 0.05) is 21.4 Å². The molecule has 0 unspecified atom stereocenters. The standard InChI is InChI=1S/C19H22BrN5O10S3/c1-36(28,29)34-12-15(23-38(32,33)18-6-4-3-5-16(18)25(26)27)19(13-7-9-14(20)10-8-13)17(11-22-24-21)35-37(2,30)31/h3-10,15,17,19,23H,11-12H2,1-2H3/t15-,17-,19+/m1/s1. The Hall–Kier alpha value is -2.64. The number of azide groups is 1. The van der Waals surface area contributed by atoms with Crippen LogP contribution in [0, 0.1) is 10.1 Å². The molecule has 0 aliphatic heterocycles. The Morgan fingerprint density at radius 2 is 1.66 bits per heavy atom. The molecule has 38 heavy (non-hydrogen) atoms. The summed E-state index contributed by atoms with van der Waals surface area (Å²) >= 11 is 3.24. The molecule has 2 aromatic carbocycles. The first kappa shape index (κ1) is 31.6. The maximum absolute atomic E-state index is 13.3. The van der Waals surface area contributed by atoms with Crippen molar-refractivity contribution >= 4 is 51.9 Å². The van der Waals surface area contributed by atoms with Crippen molar-refractivity contribution in [1.82, 2.24) is 4.72 Å². The summed E-state index contributed by atoms with van der Waals surface area (Å²) < 4.78 is 87.2. The molecule has 0 heterocycles. The lowest BCUT2D eigenvalue weighted by atomic mass is 9.87. The van der Waals surface area contributed by atoms with E-state index in [2.05, 4.69) is 30.7 Å². The lowest BCUT2D eigenvalue weighted by molar-refractivity contribution is -0.387. The number of para-hydroxylation sites is 1. The minimum Gasteiger partial charge on any atom is -0.269 e. The highest BCUT2D eigenvalue weighted by molar-refractivity contribution is 9.10. The van der Waals surface area contributed by atoms with Crippen LogP contribution in [0.15, 0.2) is 63.0 Å². The Kier molecular flexibility index (Phi) is 10.8. The van der Waals surface area contributed by atoms with E-state index in [1.54, 1.807) is 12.1 Å². The number of nitro benzene ring substituents is 1.